The highest BCUT2D eigenvalue weighted by Gasteiger charge is 2.10. The molecule has 3 N–H and O–H groups in total. The average Bonchev–Trinajstić information content (AvgIpc) is 2.70. The van der Waals surface area contributed by atoms with Crippen LogP contribution in [0.25, 0.3) is 12.2 Å². The van der Waals surface area contributed by atoms with E-state index in [9.17, 15) is 4.79 Å². The van der Waals surface area contributed by atoms with E-state index in [0.717, 1.165) is 16.7 Å². The van der Waals surface area contributed by atoms with E-state index in [-0.39, 0.29) is 5.92 Å². The van der Waals surface area contributed by atoms with Crippen LogP contribution in [0.4, 0.5) is 0 Å². The molecule has 0 saturated heterocycles. The summed E-state index contributed by atoms with van der Waals surface area (Å²) in [6, 6.07) is 16.9. The standard InChI is InChI=1S/C25H24N2O/c1-19-6-8-20(9-7-19)10-11-21-12-14-22(15-13-21)23-4-2-3-5-24(17-26)25(16-23)27-18-28/h2-18,23H,26H2,1H3,(H,27,28)/b4-2-,5-3-,11-10+,24-17-,25-16+. The highest BCUT2D eigenvalue weighted by Crippen LogP contribution is 2.25. The summed E-state index contributed by atoms with van der Waals surface area (Å²) in [7, 11) is 0. The molecule has 3 rings (SSSR count). The smallest absolute Gasteiger partial charge is 0.211 e. The van der Waals surface area contributed by atoms with Crippen molar-refractivity contribution < 1.29 is 4.79 Å². The van der Waals surface area contributed by atoms with Gasteiger partial charge in [-0.25, -0.2) is 0 Å². The zero-order chi connectivity index (χ0) is 19.8. The Kier molecular flexibility index (Phi) is 6.42. The molecule has 0 heterocycles. The number of amides is 1. The van der Waals surface area contributed by atoms with Crippen molar-refractivity contribution in [3.8, 4) is 0 Å². The van der Waals surface area contributed by atoms with E-state index in [1.54, 1.807) is 0 Å². The summed E-state index contributed by atoms with van der Waals surface area (Å²) in [5.74, 6) is 0.0393. The molecule has 1 aliphatic rings. The van der Waals surface area contributed by atoms with E-state index in [1.807, 2.05) is 24.3 Å². The summed E-state index contributed by atoms with van der Waals surface area (Å²) < 4.78 is 0. The molecule has 1 unspecified atom stereocenters. The van der Waals surface area contributed by atoms with E-state index in [2.05, 4.69) is 79.0 Å². The predicted octanol–water partition coefficient (Wildman–Crippen LogP) is 4.85. The molecule has 3 heteroatoms. The minimum Gasteiger partial charge on any atom is -0.404 e. The maximum Gasteiger partial charge on any atom is 0.211 e. The van der Waals surface area contributed by atoms with Crippen molar-refractivity contribution in [2.24, 2.45) is 5.73 Å². The van der Waals surface area contributed by atoms with Gasteiger partial charge < -0.3 is 11.1 Å². The van der Waals surface area contributed by atoms with Crippen LogP contribution in [-0.4, -0.2) is 6.41 Å². The fourth-order valence-electron chi connectivity index (χ4n) is 3.01. The first-order valence-electron chi connectivity index (χ1n) is 9.23. The minimum absolute atomic E-state index is 0.0393. The summed E-state index contributed by atoms with van der Waals surface area (Å²) >= 11 is 0. The summed E-state index contributed by atoms with van der Waals surface area (Å²) in [6.07, 6.45) is 16.3. The van der Waals surface area contributed by atoms with Gasteiger partial charge in [-0.15, -0.1) is 0 Å². The number of carbonyl (C=O) groups excluding carboxylic acids is 1. The Morgan fingerprint density at radius 1 is 0.929 bits per heavy atom. The predicted molar refractivity (Wildman–Crippen MR) is 117 cm³/mol. The molecule has 28 heavy (non-hydrogen) atoms. The fraction of sp³-hybridized carbons (Fsp3) is 0.0800. The van der Waals surface area contributed by atoms with Gasteiger partial charge >= 0.3 is 0 Å². The lowest BCUT2D eigenvalue weighted by Gasteiger charge is -2.15. The highest BCUT2D eigenvalue weighted by molar-refractivity contribution is 5.69. The molecule has 0 saturated carbocycles. The largest absolute Gasteiger partial charge is 0.404 e. The third-order valence-corrected chi connectivity index (χ3v) is 4.62. The first kappa shape index (κ1) is 19.2. The Morgan fingerprint density at radius 3 is 2.18 bits per heavy atom. The van der Waals surface area contributed by atoms with Crippen molar-refractivity contribution in [2.75, 3.05) is 0 Å². The van der Waals surface area contributed by atoms with Gasteiger partial charge in [-0.05, 0) is 29.7 Å². The number of allylic oxidation sites excluding steroid dienone is 5. The maximum absolute atomic E-state index is 11.0. The van der Waals surface area contributed by atoms with Crippen LogP contribution in [-0.2, 0) is 4.79 Å². The van der Waals surface area contributed by atoms with E-state index in [4.69, 9.17) is 5.73 Å². The van der Waals surface area contributed by atoms with Crippen molar-refractivity contribution in [3.63, 3.8) is 0 Å². The second-order valence-corrected chi connectivity index (χ2v) is 6.65. The van der Waals surface area contributed by atoms with Crippen LogP contribution in [0.5, 0.6) is 0 Å². The average molecular weight is 368 g/mol. The van der Waals surface area contributed by atoms with Gasteiger partial charge in [-0.1, -0.05) is 90.6 Å². The van der Waals surface area contributed by atoms with E-state index >= 15 is 0 Å². The normalized spacial score (nSPS) is 22.1. The Labute approximate surface area is 166 Å². The first-order valence-corrected chi connectivity index (χ1v) is 9.23. The minimum atomic E-state index is 0.0393. The van der Waals surface area contributed by atoms with Gasteiger partial charge in [-0.3, -0.25) is 4.79 Å². The van der Waals surface area contributed by atoms with Gasteiger partial charge in [0.25, 0.3) is 0 Å². The summed E-state index contributed by atoms with van der Waals surface area (Å²) in [5, 5.41) is 2.74. The van der Waals surface area contributed by atoms with Crippen LogP contribution in [0.2, 0.25) is 0 Å². The lowest BCUT2D eigenvalue weighted by atomic mass is 9.93. The third-order valence-electron chi connectivity index (χ3n) is 4.62. The zero-order valence-corrected chi connectivity index (χ0v) is 15.9. The van der Waals surface area contributed by atoms with Crippen LogP contribution < -0.4 is 11.1 Å². The second kappa shape index (κ2) is 9.38. The number of carbonyl (C=O) groups is 1. The number of nitrogens with one attached hydrogen (secondary N) is 1. The monoisotopic (exact) mass is 368 g/mol. The third kappa shape index (κ3) is 4.98. The van der Waals surface area contributed by atoms with Gasteiger partial charge in [0.1, 0.15) is 0 Å². The van der Waals surface area contributed by atoms with Crippen LogP contribution in [0.3, 0.4) is 0 Å². The molecule has 2 aromatic carbocycles. The molecule has 0 fully saturated rings. The van der Waals surface area contributed by atoms with Crippen molar-refractivity contribution in [1.29, 1.82) is 0 Å². The Balaban J connectivity index is 1.82. The van der Waals surface area contributed by atoms with Crippen LogP contribution in [0.1, 0.15) is 28.2 Å². The van der Waals surface area contributed by atoms with E-state index in [0.29, 0.717) is 12.1 Å². The van der Waals surface area contributed by atoms with Gasteiger partial charge in [0.2, 0.25) is 6.41 Å². The van der Waals surface area contributed by atoms with E-state index < -0.39 is 0 Å². The number of hydrogen-bond donors (Lipinski definition) is 2. The van der Waals surface area contributed by atoms with Crippen molar-refractivity contribution in [1.82, 2.24) is 5.32 Å². The molecule has 0 spiro atoms. The van der Waals surface area contributed by atoms with E-state index in [1.165, 1.54) is 17.3 Å². The molecule has 1 aliphatic carbocycles. The molecule has 3 nitrogen and oxygen atoms in total. The summed E-state index contributed by atoms with van der Waals surface area (Å²) in [4.78, 5) is 11.0. The van der Waals surface area contributed by atoms with Gasteiger partial charge in [0.15, 0.2) is 0 Å². The molecule has 0 aromatic heterocycles. The van der Waals surface area contributed by atoms with Crippen LogP contribution in [0, 0.1) is 6.92 Å². The molecule has 0 radical (unpaired) electrons. The molecule has 0 bridgehead atoms. The van der Waals surface area contributed by atoms with Gasteiger partial charge in [-0.2, -0.15) is 0 Å². The fourth-order valence-corrected chi connectivity index (χ4v) is 3.01. The van der Waals surface area contributed by atoms with Crippen LogP contribution in [0.15, 0.2) is 96.4 Å². The molecule has 1 atom stereocenters. The van der Waals surface area contributed by atoms with Gasteiger partial charge in [0, 0.05) is 23.4 Å². The molecule has 2 aromatic rings. The molecular weight excluding hydrogens is 344 g/mol. The van der Waals surface area contributed by atoms with Crippen molar-refractivity contribution >= 4 is 18.6 Å². The Hall–Kier alpha value is -3.59. The lowest BCUT2D eigenvalue weighted by molar-refractivity contribution is -0.108. The van der Waals surface area contributed by atoms with Crippen LogP contribution >= 0.6 is 0 Å². The summed E-state index contributed by atoms with van der Waals surface area (Å²) in [5.41, 5.74) is 11.9. The second-order valence-electron chi connectivity index (χ2n) is 6.65. The quantitative estimate of drug-likeness (QED) is 0.586. The van der Waals surface area contributed by atoms with Crippen molar-refractivity contribution in [3.05, 3.63) is 119 Å². The number of aryl methyl sites for hydroxylation is 1. The van der Waals surface area contributed by atoms with Crippen molar-refractivity contribution in [2.45, 2.75) is 12.8 Å². The molecule has 0 aliphatic heterocycles. The summed E-state index contributed by atoms with van der Waals surface area (Å²) in [6.45, 7) is 2.09. The maximum atomic E-state index is 11.0. The zero-order valence-electron chi connectivity index (χ0n) is 15.9. The lowest BCUT2D eigenvalue weighted by Crippen LogP contribution is -2.14. The van der Waals surface area contributed by atoms with Gasteiger partial charge in [0.05, 0.1) is 0 Å². The number of hydrogen-bond acceptors (Lipinski definition) is 2. The molecular formula is C25H24N2O. The molecule has 1 amide bonds. The molecule has 140 valence electrons. The highest BCUT2D eigenvalue weighted by atomic mass is 16.1. The topological polar surface area (TPSA) is 55.1 Å². The Bertz CT molecular complexity index is 959. The SMILES string of the molecule is Cc1ccc(/C=C/c2ccc(C3\C=C/C=C\C(=C\N)C(\NC=O)=C/3)cc2)cc1. The number of rotatable bonds is 5. The Morgan fingerprint density at radius 2 is 1.57 bits per heavy atom. The number of benzene rings is 2. The first-order chi connectivity index (χ1) is 13.7. The number of nitrogens with two attached hydrogens (primary N) is 1.